The van der Waals surface area contributed by atoms with Gasteiger partial charge in [0, 0.05) is 12.4 Å². The van der Waals surface area contributed by atoms with Crippen LogP contribution in [-0.2, 0) is 0 Å². The molecule has 0 bridgehead atoms. The highest BCUT2D eigenvalue weighted by atomic mass is 16.5. The number of hydrogen-bond donors (Lipinski definition) is 1. The zero-order valence-electron chi connectivity index (χ0n) is 11.7. The number of aromatic nitrogens is 2. The van der Waals surface area contributed by atoms with Crippen LogP contribution in [0.15, 0.2) is 54.9 Å². The molecule has 1 N–H and O–H groups in total. The van der Waals surface area contributed by atoms with Crippen molar-refractivity contribution in [2.45, 2.75) is 13.0 Å². The molecule has 0 spiro atoms. The zero-order chi connectivity index (χ0) is 14.7. The zero-order valence-corrected chi connectivity index (χ0v) is 11.7. The van der Waals surface area contributed by atoms with Crippen LogP contribution in [0.4, 0.5) is 0 Å². The monoisotopic (exact) mass is 280 g/mol. The minimum Gasteiger partial charge on any atom is -0.494 e. The number of rotatable bonds is 4. The minimum atomic E-state index is -0.688. The highest BCUT2D eigenvalue weighted by Crippen LogP contribution is 2.25. The van der Waals surface area contributed by atoms with Crippen molar-refractivity contribution in [3.63, 3.8) is 0 Å². The van der Waals surface area contributed by atoms with Crippen molar-refractivity contribution >= 4 is 11.0 Å². The summed E-state index contributed by atoms with van der Waals surface area (Å²) in [6, 6.07) is 13.1. The molecule has 1 unspecified atom stereocenters. The third kappa shape index (κ3) is 2.85. The molecule has 1 heterocycles. The molecule has 0 aliphatic heterocycles. The Morgan fingerprint density at radius 3 is 2.33 bits per heavy atom. The molecule has 0 aliphatic rings. The Morgan fingerprint density at radius 1 is 0.952 bits per heavy atom. The van der Waals surface area contributed by atoms with Crippen LogP contribution in [-0.4, -0.2) is 21.7 Å². The van der Waals surface area contributed by atoms with Gasteiger partial charge in [0.2, 0.25) is 0 Å². The number of hydrogen-bond acceptors (Lipinski definition) is 4. The predicted octanol–water partition coefficient (Wildman–Crippen LogP) is 3.11. The van der Waals surface area contributed by atoms with Gasteiger partial charge in [-0.05, 0) is 42.3 Å². The fourth-order valence-corrected chi connectivity index (χ4v) is 2.26. The molecule has 1 atom stereocenters. The first-order chi connectivity index (χ1) is 10.3. The molecular weight excluding hydrogens is 264 g/mol. The van der Waals surface area contributed by atoms with Crippen LogP contribution in [0.1, 0.15) is 24.2 Å². The van der Waals surface area contributed by atoms with Crippen LogP contribution in [0.3, 0.4) is 0 Å². The number of nitrogens with zero attached hydrogens (tertiary/aromatic N) is 2. The van der Waals surface area contributed by atoms with Gasteiger partial charge >= 0.3 is 0 Å². The summed E-state index contributed by atoms with van der Waals surface area (Å²) >= 11 is 0. The molecule has 0 saturated heterocycles. The molecule has 21 heavy (non-hydrogen) atoms. The Balaban J connectivity index is 1.90. The molecule has 3 rings (SSSR count). The van der Waals surface area contributed by atoms with E-state index >= 15 is 0 Å². The molecule has 0 amide bonds. The van der Waals surface area contributed by atoms with Crippen LogP contribution in [0.2, 0.25) is 0 Å². The molecule has 4 heteroatoms. The summed E-state index contributed by atoms with van der Waals surface area (Å²) in [5.74, 6) is 0.804. The topological polar surface area (TPSA) is 55.2 Å². The fourth-order valence-electron chi connectivity index (χ4n) is 2.26. The molecule has 106 valence electrons. The van der Waals surface area contributed by atoms with Crippen LogP contribution in [0.5, 0.6) is 5.75 Å². The predicted molar refractivity (Wildman–Crippen MR) is 81.2 cm³/mol. The maximum Gasteiger partial charge on any atom is 0.119 e. The average Bonchev–Trinajstić information content (AvgIpc) is 2.55. The van der Waals surface area contributed by atoms with Crippen LogP contribution < -0.4 is 4.74 Å². The van der Waals surface area contributed by atoms with Gasteiger partial charge in [-0.1, -0.05) is 18.2 Å². The lowest BCUT2D eigenvalue weighted by atomic mass is 10.0. The van der Waals surface area contributed by atoms with Crippen molar-refractivity contribution in [2.24, 2.45) is 0 Å². The molecule has 0 saturated carbocycles. The van der Waals surface area contributed by atoms with Crippen molar-refractivity contribution < 1.29 is 9.84 Å². The maximum atomic E-state index is 10.5. The van der Waals surface area contributed by atoms with Crippen LogP contribution >= 0.6 is 0 Å². The highest BCUT2D eigenvalue weighted by molar-refractivity contribution is 5.74. The van der Waals surface area contributed by atoms with Gasteiger partial charge in [-0.3, -0.25) is 9.97 Å². The molecule has 1 aromatic heterocycles. The normalized spacial score (nSPS) is 12.3. The van der Waals surface area contributed by atoms with E-state index in [1.807, 2.05) is 49.4 Å². The van der Waals surface area contributed by atoms with Crippen LogP contribution in [0.25, 0.3) is 11.0 Å². The number of benzene rings is 2. The van der Waals surface area contributed by atoms with Gasteiger partial charge in [0.15, 0.2) is 0 Å². The Kier molecular flexibility index (Phi) is 3.79. The van der Waals surface area contributed by atoms with E-state index in [0.717, 1.165) is 27.9 Å². The number of aliphatic hydroxyl groups excluding tert-OH is 1. The smallest absolute Gasteiger partial charge is 0.119 e. The Bertz CT molecular complexity index is 741. The lowest BCUT2D eigenvalue weighted by Gasteiger charge is -2.12. The first kappa shape index (κ1) is 13.5. The third-order valence-corrected chi connectivity index (χ3v) is 3.32. The molecule has 4 nitrogen and oxygen atoms in total. The van der Waals surface area contributed by atoms with E-state index in [2.05, 4.69) is 9.97 Å². The van der Waals surface area contributed by atoms with Gasteiger partial charge in [-0.15, -0.1) is 0 Å². The molecule has 3 aromatic rings. The van der Waals surface area contributed by atoms with E-state index in [-0.39, 0.29) is 0 Å². The van der Waals surface area contributed by atoms with E-state index in [9.17, 15) is 5.11 Å². The molecule has 0 radical (unpaired) electrons. The third-order valence-electron chi connectivity index (χ3n) is 3.32. The summed E-state index contributed by atoms with van der Waals surface area (Å²) in [7, 11) is 0. The summed E-state index contributed by atoms with van der Waals surface area (Å²) in [6.07, 6.45) is 2.62. The summed E-state index contributed by atoms with van der Waals surface area (Å²) in [4.78, 5) is 8.49. The number of ether oxygens (including phenoxy) is 1. The maximum absolute atomic E-state index is 10.5. The summed E-state index contributed by atoms with van der Waals surface area (Å²) in [6.45, 7) is 2.57. The van der Waals surface area contributed by atoms with Gasteiger partial charge in [0.25, 0.3) is 0 Å². The van der Waals surface area contributed by atoms with Crippen molar-refractivity contribution in [3.8, 4) is 5.75 Å². The second kappa shape index (κ2) is 5.89. The van der Waals surface area contributed by atoms with E-state index in [1.54, 1.807) is 12.4 Å². The van der Waals surface area contributed by atoms with Crippen molar-refractivity contribution in [2.75, 3.05) is 6.61 Å². The Labute approximate surface area is 123 Å². The van der Waals surface area contributed by atoms with Crippen molar-refractivity contribution in [3.05, 3.63) is 66.0 Å². The largest absolute Gasteiger partial charge is 0.494 e. The second-order valence-corrected chi connectivity index (χ2v) is 4.71. The van der Waals surface area contributed by atoms with E-state index < -0.39 is 6.10 Å². The van der Waals surface area contributed by atoms with Gasteiger partial charge < -0.3 is 9.84 Å². The average molecular weight is 280 g/mol. The lowest BCUT2D eigenvalue weighted by molar-refractivity contribution is 0.220. The molecule has 0 aliphatic carbocycles. The summed E-state index contributed by atoms with van der Waals surface area (Å²) in [5, 5.41) is 10.5. The molecule has 0 fully saturated rings. The number of fused-ring (bicyclic) bond motifs is 1. The van der Waals surface area contributed by atoms with Crippen molar-refractivity contribution in [1.29, 1.82) is 0 Å². The minimum absolute atomic E-state index is 0.630. The molecule has 2 aromatic carbocycles. The summed E-state index contributed by atoms with van der Waals surface area (Å²) in [5.41, 5.74) is 3.22. The van der Waals surface area contributed by atoms with Gasteiger partial charge in [-0.2, -0.15) is 0 Å². The SMILES string of the molecule is CCOc1ccc(C(O)c2ccc3nccnc3c2)cc1. The summed E-state index contributed by atoms with van der Waals surface area (Å²) < 4.78 is 5.40. The van der Waals surface area contributed by atoms with E-state index in [4.69, 9.17) is 4.74 Å². The first-order valence-corrected chi connectivity index (χ1v) is 6.89. The molecular formula is C17H16N2O2. The van der Waals surface area contributed by atoms with Gasteiger partial charge in [0.05, 0.1) is 17.6 Å². The van der Waals surface area contributed by atoms with E-state index in [1.165, 1.54) is 0 Å². The quantitative estimate of drug-likeness (QED) is 0.797. The van der Waals surface area contributed by atoms with Crippen molar-refractivity contribution in [1.82, 2.24) is 9.97 Å². The standard InChI is InChI=1S/C17H16N2O2/c1-2-21-14-6-3-12(4-7-14)17(20)13-5-8-15-16(11-13)19-10-9-18-15/h3-11,17,20H,2H2,1H3. The van der Waals surface area contributed by atoms with Crippen LogP contribution in [0, 0.1) is 0 Å². The highest BCUT2D eigenvalue weighted by Gasteiger charge is 2.11. The first-order valence-electron chi connectivity index (χ1n) is 6.89. The lowest BCUT2D eigenvalue weighted by Crippen LogP contribution is -2.00. The number of aliphatic hydroxyl groups is 1. The Hall–Kier alpha value is -2.46. The van der Waals surface area contributed by atoms with Gasteiger partial charge in [0.1, 0.15) is 11.9 Å². The fraction of sp³-hybridized carbons (Fsp3) is 0.176. The van der Waals surface area contributed by atoms with E-state index in [0.29, 0.717) is 6.61 Å². The Morgan fingerprint density at radius 2 is 1.62 bits per heavy atom. The van der Waals surface area contributed by atoms with Gasteiger partial charge in [-0.25, -0.2) is 0 Å². The second-order valence-electron chi connectivity index (χ2n) is 4.71.